The lowest BCUT2D eigenvalue weighted by atomic mass is 10.1. The van der Waals surface area contributed by atoms with E-state index >= 15 is 0 Å². The van der Waals surface area contributed by atoms with E-state index in [4.69, 9.17) is 27.9 Å². The van der Waals surface area contributed by atoms with E-state index in [1.807, 2.05) is 12.1 Å². The molecular formula is C24H21Cl2N7O2. The lowest BCUT2D eigenvalue weighted by Gasteiger charge is -2.34. The third kappa shape index (κ3) is 4.56. The number of fused-ring (bicyclic) bond motifs is 1. The lowest BCUT2D eigenvalue weighted by Crippen LogP contribution is -2.44. The van der Waals surface area contributed by atoms with E-state index in [1.54, 1.807) is 24.3 Å². The molecule has 2 aliphatic rings. The van der Waals surface area contributed by atoms with Crippen LogP contribution in [0.3, 0.4) is 0 Å². The number of nitrogens with one attached hydrogen (secondary N) is 1. The molecule has 0 atom stereocenters. The number of aromatic nitrogens is 2. The van der Waals surface area contributed by atoms with Gasteiger partial charge in [-0.25, -0.2) is 4.98 Å². The molecule has 0 bridgehead atoms. The van der Waals surface area contributed by atoms with Crippen molar-refractivity contribution in [1.29, 1.82) is 5.26 Å². The highest BCUT2D eigenvalue weighted by molar-refractivity contribution is 6.40. The van der Waals surface area contributed by atoms with E-state index in [0.29, 0.717) is 27.0 Å². The van der Waals surface area contributed by atoms with E-state index in [2.05, 4.69) is 38.2 Å². The molecule has 11 heteroatoms. The predicted molar refractivity (Wildman–Crippen MR) is 135 cm³/mol. The number of nitrogens with zero attached hydrogens (tertiary/aromatic N) is 6. The first-order valence-electron chi connectivity index (χ1n) is 10.9. The topological polar surface area (TPSA) is 97.6 Å². The van der Waals surface area contributed by atoms with Crippen molar-refractivity contribution in [3.05, 3.63) is 63.8 Å². The molecular weight excluding hydrogens is 489 g/mol. The van der Waals surface area contributed by atoms with Gasteiger partial charge in [-0.2, -0.15) is 10.2 Å². The Hall–Kier alpha value is -3.58. The standard InChI is InChI=1S/C24H21Cl2N7O2/c1-31-7-9-32(10-8-31)20-6-5-16(11-15(20)12-27)29-24-28-13-17-22(30-24)35-14-33(23(17)34)21-18(25)3-2-4-19(21)26/h2-6,11,13H,7-10,14H2,1H3,(H,28,29,30). The van der Waals surface area contributed by atoms with Gasteiger partial charge >= 0.3 is 0 Å². The number of likely N-dealkylation sites (N-methyl/N-ethyl adjacent to an activating group) is 1. The van der Waals surface area contributed by atoms with Gasteiger partial charge in [-0.05, 0) is 37.4 Å². The second kappa shape index (κ2) is 9.58. The summed E-state index contributed by atoms with van der Waals surface area (Å²) in [5.41, 5.74) is 2.70. The molecule has 35 heavy (non-hydrogen) atoms. The van der Waals surface area contributed by atoms with Crippen molar-refractivity contribution in [3.63, 3.8) is 0 Å². The maximum atomic E-state index is 13.1. The number of nitriles is 1. The zero-order valence-electron chi connectivity index (χ0n) is 18.8. The average Bonchev–Trinajstić information content (AvgIpc) is 2.86. The number of hydrogen-bond acceptors (Lipinski definition) is 8. The molecule has 1 N–H and O–H groups in total. The molecule has 9 nitrogen and oxygen atoms in total. The summed E-state index contributed by atoms with van der Waals surface area (Å²) in [6.45, 7) is 3.55. The summed E-state index contributed by atoms with van der Waals surface area (Å²) in [5, 5.41) is 13.5. The molecule has 3 heterocycles. The molecule has 2 aromatic carbocycles. The Bertz CT molecular complexity index is 1320. The molecule has 3 aromatic rings. The molecule has 0 aliphatic carbocycles. The van der Waals surface area contributed by atoms with Crippen molar-refractivity contribution in [3.8, 4) is 11.9 Å². The van der Waals surface area contributed by atoms with Gasteiger partial charge in [-0.3, -0.25) is 9.69 Å². The number of benzene rings is 2. The van der Waals surface area contributed by atoms with Crippen molar-refractivity contribution in [2.24, 2.45) is 0 Å². The van der Waals surface area contributed by atoms with Gasteiger partial charge in [-0.1, -0.05) is 29.3 Å². The summed E-state index contributed by atoms with van der Waals surface area (Å²) in [7, 11) is 2.09. The zero-order valence-corrected chi connectivity index (χ0v) is 20.3. The number of ether oxygens (including phenoxy) is 1. The molecule has 1 fully saturated rings. The van der Waals surface area contributed by atoms with Crippen LogP contribution in [-0.4, -0.2) is 60.7 Å². The molecule has 0 saturated carbocycles. The molecule has 2 aliphatic heterocycles. The van der Waals surface area contributed by atoms with Gasteiger partial charge in [0.25, 0.3) is 5.91 Å². The summed E-state index contributed by atoms with van der Waals surface area (Å²) in [5.74, 6) is 0.0367. The van der Waals surface area contributed by atoms with Gasteiger partial charge in [0.1, 0.15) is 11.6 Å². The normalized spacial score (nSPS) is 15.9. The summed E-state index contributed by atoms with van der Waals surface area (Å²) in [6, 6.07) is 12.9. The fourth-order valence-corrected chi connectivity index (χ4v) is 4.68. The van der Waals surface area contributed by atoms with Crippen LogP contribution in [0.15, 0.2) is 42.6 Å². The summed E-state index contributed by atoms with van der Waals surface area (Å²) in [6.07, 6.45) is 1.40. The highest BCUT2D eigenvalue weighted by atomic mass is 35.5. The highest BCUT2D eigenvalue weighted by Crippen LogP contribution is 2.37. The average molecular weight is 510 g/mol. The zero-order chi connectivity index (χ0) is 24.5. The monoisotopic (exact) mass is 509 g/mol. The van der Waals surface area contributed by atoms with Gasteiger partial charge in [0.05, 0.1) is 27.0 Å². The van der Waals surface area contributed by atoms with Gasteiger partial charge in [0.2, 0.25) is 11.8 Å². The Morgan fingerprint density at radius 2 is 1.86 bits per heavy atom. The molecule has 1 saturated heterocycles. The van der Waals surface area contributed by atoms with Crippen molar-refractivity contribution < 1.29 is 9.53 Å². The Morgan fingerprint density at radius 3 is 2.57 bits per heavy atom. The van der Waals surface area contributed by atoms with Crippen LogP contribution in [0.1, 0.15) is 15.9 Å². The second-order valence-corrected chi connectivity index (χ2v) is 9.06. The predicted octanol–water partition coefficient (Wildman–Crippen LogP) is 4.15. The number of anilines is 4. The highest BCUT2D eigenvalue weighted by Gasteiger charge is 2.31. The Labute approximate surface area is 212 Å². The molecule has 1 aromatic heterocycles. The Morgan fingerprint density at radius 1 is 1.11 bits per heavy atom. The summed E-state index contributed by atoms with van der Waals surface area (Å²) < 4.78 is 5.73. The minimum absolute atomic E-state index is 0.0932. The van der Waals surface area contributed by atoms with E-state index < -0.39 is 0 Å². The largest absolute Gasteiger partial charge is 0.455 e. The molecule has 178 valence electrons. The molecule has 0 spiro atoms. The number of piperazine rings is 1. The van der Waals surface area contributed by atoms with Crippen LogP contribution >= 0.6 is 23.2 Å². The number of rotatable bonds is 4. The van der Waals surface area contributed by atoms with Crippen LogP contribution in [0.2, 0.25) is 10.0 Å². The van der Waals surface area contributed by atoms with E-state index in [1.165, 1.54) is 11.1 Å². The quantitative estimate of drug-likeness (QED) is 0.560. The van der Waals surface area contributed by atoms with Crippen LogP contribution < -0.4 is 19.9 Å². The number of hydrogen-bond donors (Lipinski definition) is 1. The fraction of sp³-hybridized carbons (Fsp3) is 0.250. The first kappa shape index (κ1) is 23.2. The molecule has 1 amide bonds. The summed E-state index contributed by atoms with van der Waals surface area (Å²) in [4.78, 5) is 27.5. The van der Waals surface area contributed by atoms with Gasteiger partial charge < -0.3 is 19.9 Å². The fourth-order valence-electron chi connectivity index (χ4n) is 4.08. The minimum Gasteiger partial charge on any atom is -0.455 e. The van der Waals surface area contributed by atoms with Crippen LogP contribution in [0, 0.1) is 11.3 Å². The molecule has 5 rings (SSSR count). The number of carbonyl (C=O) groups excluding carboxylic acids is 1. The number of para-hydroxylation sites is 1. The van der Waals surface area contributed by atoms with Crippen molar-refractivity contribution in [2.75, 3.05) is 55.1 Å². The van der Waals surface area contributed by atoms with Crippen LogP contribution in [0.4, 0.5) is 23.0 Å². The SMILES string of the molecule is CN1CCN(c2ccc(Nc3ncc4c(n3)OCN(c3c(Cl)cccc3Cl)C4=O)cc2C#N)CC1. The molecule has 0 unspecified atom stereocenters. The maximum absolute atomic E-state index is 13.1. The van der Waals surface area contributed by atoms with Crippen LogP contribution in [0.25, 0.3) is 0 Å². The van der Waals surface area contributed by atoms with Crippen LogP contribution in [-0.2, 0) is 0 Å². The van der Waals surface area contributed by atoms with E-state index in [9.17, 15) is 10.1 Å². The van der Waals surface area contributed by atoms with E-state index in [-0.39, 0.29) is 30.0 Å². The first-order chi connectivity index (χ1) is 16.9. The number of carbonyl (C=O) groups is 1. The van der Waals surface area contributed by atoms with E-state index in [0.717, 1.165) is 31.9 Å². The second-order valence-electron chi connectivity index (χ2n) is 8.25. The molecule has 0 radical (unpaired) electrons. The van der Waals surface area contributed by atoms with Gasteiger partial charge in [0.15, 0.2) is 6.73 Å². The lowest BCUT2D eigenvalue weighted by molar-refractivity contribution is 0.0932. The number of amides is 1. The van der Waals surface area contributed by atoms with Crippen molar-refractivity contribution in [1.82, 2.24) is 14.9 Å². The third-order valence-electron chi connectivity index (χ3n) is 5.98. The Kier molecular flexibility index (Phi) is 6.34. The minimum atomic E-state index is -0.365. The smallest absolute Gasteiger partial charge is 0.268 e. The summed E-state index contributed by atoms with van der Waals surface area (Å²) >= 11 is 12.5. The van der Waals surface area contributed by atoms with Crippen molar-refractivity contribution >= 4 is 52.1 Å². The maximum Gasteiger partial charge on any atom is 0.268 e. The van der Waals surface area contributed by atoms with Gasteiger partial charge in [-0.15, -0.1) is 0 Å². The Balaban J connectivity index is 1.35. The third-order valence-corrected chi connectivity index (χ3v) is 6.59. The van der Waals surface area contributed by atoms with Gasteiger partial charge in [0, 0.05) is 38.1 Å². The van der Waals surface area contributed by atoms with Crippen molar-refractivity contribution in [2.45, 2.75) is 0 Å². The van der Waals surface area contributed by atoms with Crippen LogP contribution in [0.5, 0.6) is 5.88 Å². The first-order valence-corrected chi connectivity index (χ1v) is 11.7. The number of halogens is 2.